The monoisotopic (exact) mass is 850 g/mol. The summed E-state index contributed by atoms with van der Waals surface area (Å²) < 4.78 is 64.1. The third-order valence-electron chi connectivity index (χ3n) is 7.87. The van der Waals surface area contributed by atoms with E-state index >= 15 is 8.78 Å². The lowest BCUT2D eigenvalue weighted by Gasteiger charge is -2.37. The van der Waals surface area contributed by atoms with Gasteiger partial charge in [-0.05, 0) is 98.9 Å². The van der Waals surface area contributed by atoms with Gasteiger partial charge in [-0.3, -0.25) is 9.69 Å². The molecular formula is C38H54Cl2F2N4O11. The van der Waals surface area contributed by atoms with Gasteiger partial charge in [-0.25, -0.2) is 19.2 Å². The second kappa shape index (κ2) is 19.6. The van der Waals surface area contributed by atoms with Gasteiger partial charge in [-0.1, -0.05) is 12.1 Å². The lowest BCUT2D eigenvalue weighted by atomic mass is 10.1. The lowest BCUT2D eigenvalue weighted by Crippen LogP contribution is -2.61. The molecule has 0 aliphatic carbocycles. The second-order valence-corrected chi connectivity index (χ2v) is 17.0. The van der Waals surface area contributed by atoms with Gasteiger partial charge >= 0.3 is 36.3 Å². The van der Waals surface area contributed by atoms with Crippen LogP contribution in [0.25, 0.3) is 0 Å². The van der Waals surface area contributed by atoms with Gasteiger partial charge in [0.15, 0.2) is 0 Å². The predicted octanol–water partition coefficient (Wildman–Crippen LogP) is 7.55. The molecule has 1 saturated heterocycles. The molecule has 0 radical (unpaired) electrons. The maximum Gasteiger partial charge on any atom is 0.509 e. The summed E-state index contributed by atoms with van der Waals surface area (Å²) in [4.78, 5) is 68.0. The van der Waals surface area contributed by atoms with Crippen LogP contribution in [0.1, 0.15) is 80.7 Å². The van der Waals surface area contributed by atoms with Crippen molar-refractivity contribution in [1.29, 1.82) is 0 Å². The first-order valence-electron chi connectivity index (χ1n) is 18.4. The van der Waals surface area contributed by atoms with Crippen LogP contribution in [0.4, 0.5) is 33.6 Å². The molecule has 1 aromatic rings. The average molecular weight is 852 g/mol. The lowest BCUT2D eigenvalue weighted by molar-refractivity contribution is -0.153. The van der Waals surface area contributed by atoms with E-state index in [4.69, 9.17) is 51.6 Å². The Morgan fingerprint density at radius 2 is 1.42 bits per heavy atom. The highest BCUT2D eigenvalue weighted by Crippen LogP contribution is 2.41. The van der Waals surface area contributed by atoms with E-state index in [2.05, 4.69) is 10.2 Å². The van der Waals surface area contributed by atoms with E-state index in [9.17, 15) is 24.0 Å². The molecule has 1 fully saturated rings. The Labute approximate surface area is 342 Å². The fraction of sp³-hybridized carbons (Fsp3) is 0.658. The Morgan fingerprint density at radius 1 is 0.877 bits per heavy atom. The second-order valence-electron chi connectivity index (χ2n) is 16.2. The van der Waals surface area contributed by atoms with Gasteiger partial charge in [0.1, 0.15) is 35.7 Å². The van der Waals surface area contributed by atoms with Crippen molar-refractivity contribution in [3.63, 3.8) is 0 Å². The number of imide groups is 1. The number of aryl methyl sites for hydroxylation is 1. The minimum Gasteiger partial charge on any atom is -0.463 e. The Hall–Kier alpha value is -4.09. The fourth-order valence-corrected chi connectivity index (χ4v) is 5.92. The van der Waals surface area contributed by atoms with Crippen LogP contribution < -0.4 is 10.2 Å². The van der Waals surface area contributed by atoms with Crippen LogP contribution in [0.2, 0.25) is 0 Å². The number of benzene rings is 1. The molecule has 0 spiro atoms. The van der Waals surface area contributed by atoms with Crippen molar-refractivity contribution in [2.24, 2.45) is 0 Å². The number of hydrogen-bond donors (Lipinski definition) is 1. The van der Waals surface area contributed by atoms with Gasteiger partial charge < -0.3 is 38.6 Å². The summed E-state index contributed by atoms with van der Waals surface area (Å²) in [6.45, 7) is 14.3. The maximum absolute atomic E-state index is 16.2. The smallest absolute Gasteiger partial charge is 0.463 e. The molecule has 4 amide bonds. The first-order chi connectivity index (χ1) is 26.3. The van der Waals surface area contributed by atoms with Crippen LogP contribution in [-0.4, -0.2) is 119 Å². The quantitative estimate of drug-likeness (QED) is 0.111. The molecule has 19 heteroatoms. The van der Waals surface area contributed by atoms with Crippen LogP contribution in [0.15, 0.2) is 36.5 Å². The Bertz CT molecular complexity index is 1560. The van der Waals surface area contributed by atoms with Crippen LogP contribution >= 0.6 is 23.2 Å². The van der Waals surface area contributed by atoms with E-state index in [0.717, 1.165) is 23.5 Å². The van der Waals surface area contributed by atoms with Crippen molar-refractivity contribution >= 4 is 59.2 Å². The van der Waals surface area contributed by atoms with Crippen molar-refractivity contribution in [3.05, 3.63) is 42.1 Å². The number of hydrogen-bond acceptors (Lipinski definition) is 12. The molecule has 2 heterocycles. The summed E-state index contributed by atoms with van der Waals surface area (Å²) in [7, 11) is 0. The maximum atomic E-state index is 16.2. The number of ether oxygens (including phenoxy) is 6. The van der Waals surface area contributed by atoms with Crippen molar-refractivity contribution < 1.29 is 61.2 Å². The van der Waals surface area contributed by atoms with E-state index < -0.39 is 84.3 Å². The number of esters is 1. The zero-order valence-corrected chi connectivity index (χ0v) is 35.3. The molecule has 320 valence electrons. The molecule has 4 atom stereocenters. The molecule has 2 aliphatic rings. The molecule has 0 saturated carbocycles. The number of alkyl halides is 4. The van der Waals surface area contributed by atoms with Crippen molar-refractivity contribution in [1.82, 2.24) is 15.1 Å². The molecule has 1 aromatic carbocycles. The first-order valence-corrected chi connectivity index (χ1v) is 19.5. The molecule has 57 heavy (non-hydrogen) atoms. The molecule has 3 rings (SSSR count). The third kappa shape index (κ3) is 14.4. The average Bonchev–Trinajstić information content (AvgIpc) is 3.30. The Kier molecular flexibility index (Phi) is 16.2. The van der Waals surface area contributed by atoms with E-state index in [-0.39, 0.29) is 6.42 Å². The number of amides is 4. The zero-order chi connectivity index (χ0) is 42.9. The van der Waals surface area contributed by atoms with Crippen LogP contribution in [-0.2, 0) is 39.6 Å². The Balaban J connectivity index is 1.76. The number of urea groups is 1. The highest BCUT2D eigenvalue weighted by molar-refractivity contribution is 6.18. The topological polar surface area (TPSA) is 162 Å². The molecule has 0 aromatic heterocycles. The zero-order valence-electron chi connectivity index (χ0n) is 33.8. The van der Waals surface area contributed by atoms with E-state index in [1.165, 1.54) is 20.8 Å². The van der Waals surface area contributed by atoms with Gasteiger partial charge in [0.05, 0.1) is 0 Å². The summed E-state index contributed by atoms with van der Waals surface area (Å²) in [5.74, 6) is -3.95. The molecule has 15 nitrogen and oxygen atoms in total. The summed E-state index contributed by atoms with van der Waals surface area (Å²) in [5, 5.41) is 2.30. The fourth-order valence-electron chi connectivity index (χ4n) is 5.51. The van der Waals surface area contributed by atoms with Crippen LogP contribution in [0, 0.1) is 0 Å². The molecular weight excluding hydrogens is 797 g/mol. The Morgan fingerprint density at radius 3 is 1.91 bits per heavy atom. The number of carbonyl (C=O) groups is 5. The first kappa shape index (κ1) is 47.3. The van der Waals surface area contributed by atoms with Crippen molar-refractivity contribution in [2.45, 2.75) is 129 Å². The molecule has 0 bridgehead atoms. The number of carbonyl (C=O) groups excluding carboxylic acids is 5. The summed E-state index contributed by atoms with van der Waals surface area (Å²) >= 11 is 11.8. The minimum atomic E-state index is -4.10. The van der Waals surface area contributed by atoms with Crippen molar-refractivity contribution in [2.75, 3.05) is 36.4 Å². The van der Waals surface area contributed by atoms with Gasteiger partial charge in [-0.15, -0.1) is 23.2 Å². The van der Waals surface area contributed by atoms with Crippen LogP contribution in [0.5, 0.6) is 0 Å². The molecule has 3 unspecified atom stereocenters. The van der Waals surface area contributed by atoms with E-state index in [0.29, 0.717) is 47.5 Å². The molecule has 1 N–H and O–H groups in total. The third-order valence-corrected chi connectivity index (χ3v) is 8.21. The number of rotatable bonds is 14. The van der Waals surface area contributed by atoms with E-state index in [1.54, 1.807) is 41.5 Å². The summed E-state index contributed by atoms with van der Waals surface area (Å²) in [6.07, 6.45) is -9.11. The number of nitrogens with zero attached hydrogens (tertiary/aromatic N) is 3. The SMILES string of the molecule is CC(C)(C)OC(=O)O[C@H]1C(COC(=O)CCCc2ccc(N(CCCl)CCCl)cc2)OC(N2C=CC(N(C(=O)OC(C)(C)C)C(=O)OC(C)(C)C)NC2=O)C1(F)F. The highest BCUT2D eigenvalue weighted by atomic mass is 35.5. The summed E-state index contributed by atoms with van der Waals surface area (Å²) in [6, 6.07) is 6.48. The molecule has 2 aliphatic heterocycles. The van der Waals surface area contributed by atoms with Gasteiger partial charge in [0, 0.05) is 43.2 Å². The number of nitrogens with one attached hydrogen (secondary N) is 1. The minimum absolute atomic E-state index is 0.0685. The van der Waals surface area contributed by atoms with Crippen LogP contribution in [0.3, 0.4) is 0 Å². The van der Waals surface area contributed by atoms with Gasteiger partial charge in [0.2, 0.25) is 12.3 Å². The van der Waals surface area contributed by atoms with E-state index in [1.807, 2.05) is 24.3 Å². The number of halogens is 4. The highest BCUT2D eigenvalue weighted by Gasteiger charge is 2.65. The largest absolute Gasteiger partial charge is 0.509 e. The standard InChI is InChI=1S/C38H54Cl2F2N4O11/c1-35(2,3)55-32(49)46(33(50)56-36(4,5)6)27-17-20-45(31(48)43-27)30-38(41,42)29(54-34(51)57-37(7,8)9)26(53-30)23-52-28(47)12-10-11-24-13-15-25(16-14-24)44(21-18-39)22-19-40/h13-17,20,26-27,29-30H,10-12,18-19,21-23H2,1-9H3,(H,43,48)/t26?,27?,29-,30?/m0/s1. The van der Waals surface area contributed by atoms with Gasteiger partial charge in [-0.2, -0.15) is 13.7 Å². The normalized spacial score (nSPS) is 20.6. The van der Waals surface area contributed by atoms with Crippen molar-refractivity contribution in [3.8, 4) is 0 Å². The van der Waals surface area contributed by atoms with Gasteiger partial charge in [0.25, 0.3) is 0 Å². The number of anilines is 1. The predicted molar refractivity (Wildman–Crippen MR) is 206 cm³/mol. The summed E-state index contributed by atoms with van der Waals surface area (Å²) in [5.41, 5.74) is -1.32.